The fourth-order valence-corrected chi connectivity index (χ4v) is 1.87. The van der Waals surface area contributed by atoms with Gasteiger partial charge in [0.25, 0.3) is 5.56 Å². The molecule has 0 radical (unpaired) electrons. The second-order valence-electron chi connectivity index (χ2n) is 3.65. The van der Waals surface area contributed by atoms with Crippen LogP contribution in [0.4, 0.5) is 5.82 Å². The van der Waals surface area contributed by atoms with Crippen molar-refractivity contribution >= 4 is 28.4 Å². The second kappa shape index (κ2) is 4.86. The van der Waals surface area contributed by atoms with Crippen LogP contribution in [0.5, 0.6) is 0 Å². The molecule has 2 aromatic rings. The molecule has 2 heterocycles. The smallest absolute Gasteiger partial charge is 0.267 e. The van der Waals surface area contributed by atoms with Gasteiger partial charge in [0.1, 0.15) is 5.82 Å². The summed E-state index contributed by atoms with van der Waals surface area (Å²) in [6, 6.07) is 1.72. The summed E-state index contributed by atoms with van der Waals surface area (Å²) < 4.78 is 3.94. The molecule has 6 nitrogen and oxygen atoms in total. The molecule has 7 heteroatoms. The van der Waals surface area contributed by atoms with Crippen molar-refractivity contribution in [1.29, 1.82) is 0 Å². The van der Waals surface area contributed by atoms with Gasteiger partial charge >= 0.3 is 0 Å². The lowest BCUT2D eigenvalue weighted by atomic mass is 10.4. The molecule has 2 N–H and O–H groups in total. The molecule has 0 saturated heterocycles. The normalized spacial score (nSPS) is 10.7. The summed E-state index contributed by atoms with van der Waals surface area (Å²) in [5.74, 6) is 0.481. The maximum atomic E-state index is 11.9. The third-order valence-corrected chi connectivity index (χ3v) is 3.63. The minimum absolute atomic E-state index is 0.0155. The summed E-state index contributed by atoms with van der Waals surface area (Å²) in [6.45, 7) is 2.95. The van der Waals surface area contributed by atoms with Gasteiger partial charge in [0, 0.05) is 12.7 Å². The van der Waals surface area contributed by atoms with Gasteiger partial charge in [-0.3, -0.25) is 14.0 Å². The van der Waals surface area contributed by atoms with E-state index in [1.807, 2.05) is 29.5 Å². The summed E-state index contributed by atoms with van der Waals surface area (Å²) in [6.07, 6.45) is 3.35. The molecule has 0 saturated carbocycles. The van der Waals surface area contributed by atoms with Crippen LogP contribution in [0.2, 0.25) is 0 Å². The summed E-state index contributed by atoms with van der Waals surface area (Å²) in [5, 5.41) is 4.05. The van der Waals surface area contributed by atoms with Crippen LogP contribution in [0, 0.1) is 10.5 Å². The third kappa shape index (κ3) is 2.65. The van der Waals surface area contributed by atoms with Gasteiger partial charge in [0.15, 0.2) is 0 Å². The highest BCUT2D eigenvalue weighted by Gasteiger charge is 2.05. The molecular weight excluding hydrogens is 333 g/mol. The lowest BCUT2D eigenvalue weighted by Crippen LogP contribution is -2.26. The molecule has 90 valence electrons. The van der Waals surface area contributed by atoms with Gasteiger partial charge in [-0.2, -0.15) is 5.10 Å². The number of aromatic nitrogens is 4. The second-order valence-corrected chi connectivity index (χ2v) is 4.72. The van der Waals surface area contributed by atoms with Crippen molar-refractivity contribution in [2.24, 2.45) is 0 Å². The molecule has 0 atom stereocenters. The van der Waals surface area contributed by atoms with E-state index in [4.69, 9.17) is 5.73 Å². The number of halogens is 1. The third-order valence-electron chi connectivity index (χ3n) is 2.39. The number of hydrogen-bond acceptors (Lipinski definition) is 4. The predicted octanol–water partition coefficient (Wildman–Crippen LogP) is 0.635. The molecule has 17 heavy (non-hydrogen) atoms. The number of nitrogens with two attached hydrogens (primary N) is 1. The average molecular weight is 345 g/mol. The zero-order valence-electron chi connectivity index (χ0n) is 9.30. The van der Waals surface area contributed by atoms with Crippen LogP contribution >= 0.6 is 22.6 Å². The first kappa shape index (κ1) is 12.1. The Morgan fingerprint density at radius 3 is 2.88 bits per heavy atom. The van der Waals surface area contributed by atoms with Crippen molar-refractivity contribution in [3.63, 3.8) is 0 Å². The van der Waals surface area contributed by atoms with Crippen LogP contribution in [0.1, 0.15) is 5.69 Å². The van der Waals surface area contributed by atoms with Gasteiger partial charge < -0.3 is 5.73 Å². The van der Waals surface area contributed by atoms with Crippen molar-refractivity contribution in [2.45, 2.75) is 20.0 Å². The van der Waals surface area contributed by atoms with Crippen LogP contribution in [-0.4, -0.2) is 19.3 Å². The molecule has 0 fully saturated rings. The van der Waals surface area contributed by atoms with E-state index in [1.165, 1.54) is 0 Å². The average Bonchev–Trinajstić information content (AvgIpc) is 2.71. The first-order valence-electron chi connectivity index (χ1n) is 5.08. The van der Waals surface area contributed by atoms with Gasteiger partial charge in [-0.05, 0) is 35.6 Å². The lowest BCUT2D eigenvalue weighted by Gasteiger charge is -2.06. The van der Waals surface area contributed by atoms with Gasteiger partial charge in [-0.1, -0.05) is 0 Å². The maximum Gasteiger partial charge on any atom is 0.267 e. The molecule has 0 amide bonds. The highest BCUT2D eigenvalue weighted by atomic mass is 127. The molecule has 2 aromatic heterocycles. The summed E-state index contributed by atoms with van der Waals surface area (Å²) in [7, 11) is 0. The van der Waals surface area contributed by atoms with Gasteiger partial charge in [0.05, 0.1) is 22.1 Å². The highest BCUT2D eigenvalue weighted by molar-refractivity contribution is 14.1. The first-order chi connectivity index (χ1) is 8.08. The molecule has 0 bridgehead atoms. The Hall–Kier alpha value is -1.38. The number of nitrogen functional groups attached to an aromatic ring is 1. The number of anilines is 1. The van der Waals surface area contributed by atoms with E-state index in [1.54, 1.807) is 27.8 Å². The van der Waals surface area contributed by atoms with E-state index < -0.39 is 0 Å². The van der Waals surface area contributed by atoms with Crippen molar-refractivity contribution in [2.75, 3.05) is 5.73 Å². The fraction of sp³-hybridized carbons (Fsp3) is 0.300. The molecule has 0 aliphatic heterocycles. The summed E-state index contributed by atoms with van der Waals surface area (Å²) in [5.41, 5.74) is 6.25. The highest BCUT2D eigenvalue weighted by Crippen LogP contribution is 2.02. The van der Waals surface area contributed by atoms with Gasteiger partial charge in [-0.25, -0.2) is 4.98 Å². The zero-order valence-corrected chi connectivity index (χ0v) is 11.5. The molecule has 0 unspecified atom stereocenters. The Labute approximate surface area is 112 Å². The Balaban J connectivity index is 2.15. The quantitative estimate of drug-likeness (QED) is 0.828. The minimum Gasteiger partial charge on any atom is -0.382 e. The monoisotopic (exact) mass is 345 g/mol. The Bertz CT molecular complexity index is 589. The van der Waals surface area contributed by atoms with Gasteiger partial charge in [0.2, 0.25) is 0 Å². The van der Waals surface area contributed by atoms with Crippen LogP contribution in [0.3, 0.4) is 0 Å². The van der Waals surface area contributed by atoms with Crippen LogP contribution in [-0.2, 0) is 13.1 Å². The molecule has 0 aliphatic rings. The molecule has 2 rings (SSSR count). The number of nitrogens with zero attached hydrogens (tertiary/aromatic N) is 4. The predicted molar refractivity (Wildman–Crippen MR) is 72.6 cm³/mol. The first-order valence-corrected chi connectivity index (χ1v) is 6.16. The number of rotatable bonds is 3. The van der Waals surface area contributed by atoms with E-state index in [0.29, 0.717) is 22.5 Å². The Morgan fingerprint density at radius 2 is 2.24 bits per heavy atom. The Kier molecular flexibility index (Phi) is 3.46. The number of aryl methyl sites for hydroxylation is 3. The zero-order chi connectivity index (χ0) is 12.4. The van der Waals surface area contributed by atoms with E-state index in [0.717, 1.165) is 5.69 Å². The van der Waals surface area contributed by atoms with E-state index in [9.17, 15) is 4.79 Å². The van der Waals surface area contributed by atoms with E-state index in [-0.39, 0.29) is 5.56 Å². The maximum absolute atomic E-state index is 11.9. The molecule has 0 spiro atoms. The van der Waals surface area contributed by atoms with Crippen LogP contribution < -0.4 is 11.3 Å². The van der Waals surface area contributed by atoms with Crippen LogP contribution in [0.25, 0.3) is 0 Å². The largest absolute Gasteiger partial charge is 0.382 e. The topological polar surface area (TPSA) is 78.7 Å². The Morgan fingerprint density at radius 1 is 1.47 bits per heavy atom. The van der Waals surface area contributed by atoms with Crippen molar-refractivity contribution in [3.05, 3.63) is 38.2 Å². The molecular formula is C10H12IN5O. The molecule has 0 aromatic carbocycles. The van der Waals surface area contributed by atoms with Crippen molar-refractivity contribution in [3.8, 4) is 0 Å². The van der Waals surface area contributed by atoms with Crippen molar-refractivity contribution < 1.29 is 0 Å². The van der Waals surface area contributed by atoms with Crippen molar-refractivity contribution in [1.82, 2.24) is 19.3 Å². The summed E-state index contributed by atoms with van der Waals surface area (Å²) >= 11 is 2.01. The SMILES string of the molecule is Cc1ncn(CCn2ccc(N)n2)c(=O)c1I. The fourth-order valence-electron chi connectivity index (χ4n) is 1.42. The molecule has 0 aliphatic carbocycles. The minimum atomic E-state index is -0.0155. The number of hydrogen-bond donors (Lipinski definition) is 1. The van der Waals surface area contributed by atoms with Crippen LogP contribution in [0.15, 0.2) is 23.4 Å². The summed E-state index contributed by atoms with van der Waals surface area (Å²) in [4.78, 5) is 16.0. The standard InChI is InChI=1S/C10H12IN5O/c1-7-9(11)10(17)15(6-13-7)4-5-16-3-2-8(12)14-16/h2-3,6H,4-5H2,1H3,(H2,12,14). The lowest BCUT2D eigenvalue weighted by molar-refractivity contribution is 0.518. The van der Waals surface area contributed by atoms with Gasteiger partial charge in [-0.15, -0.1) is 0 Å². The van der Waals surface area contributed by atoms with E-state index in [2.05, 4.69) is 10.1 Å². The van der Waals surface area contributed by atoms with E-state index >= 15 is 0 Å².